The first-order valence-corrected chi connectivity index (χ1v) is 7.52. The van der Waals surface area contributed by atoms with Crippen LogP contribution in [0.15, 0.2) is 0 Å². The summed E-state index contributed by atoms with van der Waals surface area (Å²) in [6.07, 6.45) is 4.88. The third kappa shape index (κ3) is 2.56. The van der Waals surface area contributed by atoms with Crippen LogP contribution >= 0.6 is 22.6 Å². The van der Waals surface area contributed by atoms with E-state index < -0.39 is 10.0 Å². The predicted octanol–water partition coefficient (Wildman–Crippen LogP) is 1.42. The second-order valence-electron chi connectivity index (χ2n) is 3.97. The van der Waals surface area contributed by atoms with Gasteiger partial charge in [0, 0.05) is 9.97 Å². The van der Waals surface area contributed by atoms with Gasteiger partial charge in [-0.15, -0.1) is 0 Å². The summed E-state index contributed by atoms with van der Waals surface area (Å²) in [4.78, 5) is 0. The molecule has 5 heteroatoms. The molecule has 2 aliphatic rings. The van der Waals surface area contributed by atoms with E-state index in [-0.39, 0.29) is 11.3 Å². The van der Waals surface area contributed by atoms with Crippen LogP contribution in [-0.2, 0) is 10.0 Å². The first kappa shape index (κ1) is 10.2. The zero-order valence-electron chi connectivity index (χ0n) is 7.37. The van der Waals surface area contributed by atoms with Crippen LogP contribution in [0.3, 0.4) is 0 Å². The minimum absolute atomic E-state index is 0.0687. The van der Waals surface area contributed by atoms with Crippen LogP contribution in [0, 0.1) is 0 Å². The fourth-order valence-corrected chi connectivity index (χ4v) is 4.34. The van der Waals surface area contributed by atoms with E-state index in [0.717, 1.165) is 32.1 Å². The lowest BCUT2D eigenvalue weighted by molar-refractivity contribution is 0.551. The summed E-state index contributed by atoms with van der Waals surface area (Å²) in [5, 5.41) is -0.0687. The van der Waals surface area contributed by atoms with Gasteiger partial charge in [-0.3, -0.25) is 0 Å². The average molecular weight is 315 g/mol. The van der Waals surface area contributed by atoms with Crippen LogP contribution in [0.1, 0.15) is 32.1 Å². The molecule has 13 heavy (non-hydrogen) atoms. The number of alkyl halides is 1. The Morgan fingerprint density at radius 2 is 1.85 bits per heavy atom. The van der Waals surface area contributed by atoms with E-state index in [1.165, 1.54) is 0 Å². The first-order valence-electron chi connectivity index (χ1n) is 4.73. The molecule has 0 heterocycles. The lowest BCUT2D eigenvalue weighted by atomic mass is 10.3. The summed E-state index contributed by atoms with van der Waals surface area (Å²) in [6, 6.07) is 0.215. The topological polar surface area (TPSA) is 46.2 Å². The molecule has 2 aliphatic carbocycles. The molecule has 1 unspecified atom stereocenters. The summed E-state index contributed by atoms with van der Waals surface area (Å²) < 4.78 is 26.6. The highest BCUT2D eigenvalue weighted by atomic mass is 127. The Morgan fingerprint density at radius 1 is 1.15 bits per heavy atom. The van der Waals surface area contributed by atoms with Crippen molar-refractivity contribution in [1.29, 1.82) is 0 Å². The monoisotopic (exact) mass is 315 g/mol. The number of hydrogen-bond acceptors (Lipinski definition) is 2. The molecule has 1 N–H and O–H groups in total. The molecule has 0 aromatic heterocycles. The summed E-state index contributed by atoms with van der Waals surface area (Å²) in [7, 11) is -2.95. The van der Waals surface area contributed by atoms with Crippen LogP contribution in [0.25, 0.3) is 0 Å². The molecule has 0 saturated heterocycles. The highest BCUT2D eigenvalue weighted by Gasteiger charge is 2.38. The third-order valence-corrected chi connectivity index (χ3v) is 5.81. The van der Waals surface area contributed by atoms with Gasteiger partial charge in [0.25, 0.3) is 0 Å². The Balaban J connectivity index is 1.90. The normalized spacial score (nSPS) is 35.2. The highest BCUT2D eigenvalue weighted by Crippen LogP contribution is 2.31. The second-order valence-corrected chi connectivity index (χ2v) is 7.72. The highest BCUT2D eigenvalue weighted by molar-refractivity contribution is 14.1. The summed E-state index contributed by atoms with van der Waals surface area (Å²) in [5.41, 5.74) is 0. The Labute approximate surface area is 92.9 Å². The smallest absolute Gasteiger partial charge is 0.212 e. The Morgan fingerprint density at radius 3 is 2.31 bits per heavy atom. The molecule has 0 aromatic rings. The van der Waals surface area contributed by atoms with Gasteiger partial charge in [-0.25, -0.2) is 13.1 Å². The Hall–Kier alpha value is 0.640. The number of hydrogen-bond donors (Lipinski definition) is 1. The molecule has 2 atom stereocenters. The van der Waals surface area contributed by atoms with E-state index in [2.05, 4.69) is 27.3 Å². The van der Waals surface area contributed by atoms with Crippen molar-refractivity contribution in [2.45, 2.75) is 47.3 Å². The predicted molar refractivity (Wildman–Crippen MR) is 60.5 cm³/mol. The van der Waals surface area contributed by atoms with E-state index in [4.69, 9.17) is 0 Å². The lowest BCUT2D eigenvalue weighted by Gasteiger charge is -2.11. The molecule has 3 nitrogen and oxygen atoms in total. The fraction of sp³-hybridized carbons (Fsp3) is 1.00. The van der Waals surface area contributed by atoms with Crippen molar-refractivity contribution in [3.8, 4) is 0 Å². The van der Waals surface area contributed by atoms with Crippen molar-refractivity contribution in [2.75, 3.05) is 0 Å². The van der Waals surface area contributed by atoms with Crippen molar-refractivity contribution >= 4 is 32.6 Å². The van der Waals surface area contributed by atoms with Gasteiger partial charge in [0.15, 0.2) is 0 Å². The molecule has 2 rings (SSSR count). The third-order valence-electron chi connectivity index (χ3n) is 2.66. The van der Waals surface area contributed by atoms with Crippen molar-refractivity contribution in [3.05, 3.63) is 0 Å². The van der Waals surface area contributed by atoms with Gasteiger partial charge >= 0.3 is 0 Å². The van der Waals surface area contributed by atoms with E-state index in [9.17, 15) is 8.42 Å². The van der Waals surface area contributed by atoms with E-state index in [0.29, 0.717) is 3.92 Å². The van der Waals surface area contributed by atoms with E-state index in [1.54, 1.807) is 0 Å². The maximum Gasteiger partial charge on any atom is 0.214 e. The molecule has 0 amide bonds. The molecule has 0 spiro atoms. The van der Waals surface area contributed by atoms with Gasteiger partial charge in [0.2, 0.25) is 10.0 Å². The van der Waals surface area contributed by atoms with Crippen molar-refractivity contribution in [3.63, 3.8) is 0 Å². The van der Waals surface area contributed by atoms with Crippen molar-refractivity contribution in [1.82, 2.24) is 4.72 Å². The largest absolute Gasteiger partial charge is 0.214 e. The van der Waals surface area contributed by atoms with Gasteiger partial charge < -0.3 is 0 Å². The zero-order valence-corrected chi connectivity index (χ0v) is 10.3. The van der Waals surface area contributed by atoms with Gasteiger partial charge in [-0.05, 0) is 32.1 Å². The van der Waals surface area contributed by atoms with Crippen LogP contribution in [-0.4, -0.2) is 23.6 Å². The van der Waals surface area contributed by atoms with Crippen LogP contribution in [0.5, 0.6) is 0 Å². The number of sulfonamides is 1. The molecular formula is C8H14INO2S. The zero-order chi connectivity index (χ0) is 9.47. The Kier molecular flexibility index (Phi) is 2.86. The Bertz CT molecular complexity index is 287. The molecule has 2 saturated carbocycles. The number of rotatable bonds is 3. The SMILES string of the molecule is O=S(=O)(NC1CC[C@H](I)C1)C1CC1. The average Bonchev–Trinajstić information content (AvgIpc) is 2.78. The molecule has 0 aromatic carbocycles. The molecule has 0 radical (unpaired) electrons. The van der Waals surface area contributed by atoms with E-state index in [1.807, 2.05) is 0 Å². The first-order chi connectivity index (χ1) is 6.08. The van der Waals surface area contributed by atoms with Crippen LogP contribution in [0.2, 0.25) is 0 Å². The number of nitrogens with one attached hydrogen (secondary N) is 1. The molecular weight excluding hydrogens is 301 g/mol. The minimum Gasteiger partial charge on any atom is -0.212 e. The minimum atomic E-state index is -2.95. The quantitative estimate of drug-likeness (QED) is 0.632. The standard InChI is InChI=1S/C8H14INO2S/c9-6-1-2-7(5-6)10-13(11,12)8-3-4-8/h6-8,10H,1-5H2/t6-,7?/m0/s1. The summed E-state index contributed by atoms with van der Waals surface area (Å²) in [5.74, 6) is 0. The van der Waals surface area contributed by atoms with Gasteiger partial charge in [0.05, 0.1) is 5.25 Å². The van der Waals surface area contributed by atoms with Crippen molar-refractivity contribution in [2.24, 2.45) is 0 Å². The lowest BCUT2D eigenvalue weighted by Crippen LogP contribution is -2.35. The van der Waals surface area contributed by atoms with Gasteiger partial charge in [0.1, 0.15) is 0 Å². The second kappa shape index (κ2) is 3.66. The van der Waals surface area contributed by atoms with Crippen LogP contribution in [0.4, 0.5) is 0 Å². The van der Waals surface area contributed by atoms with Crippen molar-refractivity contribution < 1.29 is 8.42 Å². The van der Waals surface area contributed by atoms with Crippen LogP contribution < -0.4 is 4.72 Å². The van der Waals surface area contributed by atoms with Gasteiger partial charge in [-0.2, -0.15) is 0 Å². The summed E-state index contributed by atoms with van der Waals surface area (Å²) in [6.45, 7) is 0. The van der Waals surface area contributed by atoms with Gasteiger partial charge in [-0.1, -0.05) is 22.6 Å². The van der Waals surface area contributed by atoms with E-state index >= 15 is 0 Å². The molecule has 0 bridgehead atoms. The number of halogens is 1. The molecule has 2 fully saturated rings. The summed E-state index contributed by atoms with van der Waals surface area (Å²) >= 11 is 2.40. The maximum atomic E-state index is 11.5. The molecule has 76 valence electrons. The molecule has 0 aliphatic heterocycles. The maximum absolute atomic E-state index is 11.5. The fourth-order valence-electron chi connectivity index (χ4n) is 1.74.